The zero-order valence-corrected chi connectivity index (χ0v) is 11.3. The van der Waals surface area contributed by atoms with Crippen molar-refractivity contribution in [3.05, 3.63) is 23.5 Å². The van der Waals surface area contributed by atoms with Crippen LogP contribution in [0, 0.1) is 13.8 Å². The lowest BCUT2D eigenvalue weighted by molar-refractivity contribution is 0.589. The molecule has 1 aromatic heterocycles. The fourth-order valence-corrected chi connectivity index (χ4v) is 1.92. The molecule has 1 aliphatic heterocycles. The molecule has 1 fully saturated rings. The molecule has 0 bridgehead atoms. The number of piperazine rings is 1. The first kappa shape index (κ1) is 15.5. The Bertz CT molecular complexity index is 305. The minimum Gasteiger partial charge on any atom is -0.369 e. The maximum absolute atomic E-state index is 4.39. The first-order valence-corrected chi connectivity index (χ1v) is 5.17. The minimum absolute atomic E-state index is 0. The van der Waals surface area contributed by atoms with Crippen LogP contribution in [-0.2, 0) is 0 Å². The van der Waals surface area contributed by atoms with Crippen molar-refractivity contribution in [3.8, 4) is 0 Å². The van der Waals surface area contributed by atoms with Gasteiger partial charge in [0.1, 0.15) is 0 Å². The molecule has 1 aliphatic rings. The van der Waals surface area contributed by atoms with Gasteiger partial charge in [-0.1, -0.05) is 0 Å². The Morgan fingerprint density at radius 1 is 1.06 bits per heavy atom. The Morgan fingerprint density at radius 3 is 2.06 bits per heavy atom. The van der Waals surface area contributed by atoms with Crippen LogP contribution < -0.4 is 10.2 Å². The van der Waals surface area contributed by atoms with Gasteiger partial charge in [0.25, 0.3) is 0 Å². The van der Waals surface area contributed by atoms with Crippen LogP contribution in [0.5, 0.6) is 0 Å². The van der Waals surface area contributed by atoms with Crippen molar-refractivity contribution in [2.45, 2.75) is 13.8 Å². The predicted octanol–water partition coefficient (Wildman–Crippen LogP) is 1.95. The molecule has 0 aromatic carbocycles. The van der Waals surface area contributed by atoms with Crippen LogP contribution in [0.25, 0.3) is 0 Å². The van der Waals surface area contributed by atoms with E-state index in [0.29, 0.717) is 0 Å². The van der Waals surface area contributed by atoms with E-state index >= 15 is 0 Å². The molecule has 1 aromatic rings. The third-order valence-electron chi connectivity index (χ3n) is 2.55. The second kappa shape index (κ2) is 6.94. The fraction of sp³-hybridized carbons (Fsp3) is 0.545. The van der Waals surface area contributed by atoms with Gasteiger partial charge >= 0.3 is 0 Å². The second-order valence-electron chi connectivity index (χ2n) is 3.85. The van der Waals surface area contributed by atoms with Crippen molar-refractivity contribution in [3.63, 3.8) is 0 Å². The van der Waals surface area contributed by atoms with Crippen molar-refractivity contribution in [1.82, 2.24) is 10.3 Å². The summed E-state index contributed by atoms with van der Waals surface area (Å²) in [6, 6.07) is 4.33. The van der Waals surface area contributed by atoms with E-state index in [2.05, 4.69) is 41.2 Å². The summed E-state index contributed by atoms with van der Waals surface area (Å²) in [5.74, 6) is 0. The van der Waals surface area contributed by atoms with Crippen LogP contribution in [0.3, 0.4) is 0 Å². The molecule has 3 nitrogen and oxygen atoms in total. The Labute approximate surface area is 109 Å². The van der Waals surface area contributed by atoms with Crippen molar-refractivity contribution < 1.29 is 0 Å². The lowest BCUT2D eigenvalue weighted by atomic mass is 10.2. The number of anilines is 1. The predicted molar refractivity (Wildman–Crippen MR) is 73.3 cm³/mol. The molecule has 0 unspecified atom stereocenters. The smallest absolute Gasteiger partial charge is 0.0403 e. The van der Waals surface area contributed by atoms with Crippen molar-refractivity contribution in [1.29, 1.82) is 0 Å². The molecule has 0 radical (unpaired) electrons. The summed E-state index contributed by atoms with van der Waals surface area (Å²) in [6.07, 6.45) is 0. The van der Waals surface area contributed by atoms with Gasteiger partial charge in [0, 0.05) is 43.3 Å². The minimum atomic E-state index is 0. The van der Waals surface area contributed by atoms with Crippen LogP contribution >= 0.6 is 24.8 Å². The van der Waals surface area contributed by atoms with E-state index < -0.39 is 0 Å². The number of aromatic nitrogens is 1. The van der Waals surface area contributed by atoms with Gasteiger partial charge in [0.2, 0.25) is 0 Å². The lowest BCUT2D eigenvalue weighted by Crippen LogP contribution is -2.43. The summed E-state index contributed by atoms with van der Waals surface area (Å²) >= 11 is 0. The van der Waals surface area contributed by atoms with E-state index in [-0.39, 0.29) is 24.8 Å². The van der Waals surface area contributed by atoms with Crippen LogP contribution in [0.4, 0.5) is 5.69 Å². The SMILES string of the molecule is Cc1cc(N2CCNCC2)cc(C)n1.Cl.Cl. The number of nitrogens with zero attached hydrogens (tertiary/aromatic N) is 2. The highest BCUT2D eigenvalue weighted by atomic mass is 35.5. The molecule has 0 atom stereocenters. The summed E-state index contributed by atoms with van der Waals surface area (Å²) in [6.45, 7) is 8.48. The summed E-state index contributed by atoms with van der Waals surface area (Å²) in [5.41, 5.74) is 3.54. The molecular weight excluding hydrogens is 245 g/mol. The van der Waals surface area contributed by atoms with E-state index in [1.165, 1.54) is 5.69 Å². The molecular formula is C11H19Cl2N3. The van der Waals surface area contributed by atoms with Crippen molar-refractivity contribution >= 4 is 30.5 Å². The van der Waals surface area contributed by atoms with Gasteiger partial charge in [0.15, 0.2) is 0 Å². The van der Waals surface area contributed by atoms with Crippen molar-refractivity contribution in [2.24, 2.45) is 0 Å². The lowest BCUT2D eigenvalue weighted by Gasteiger charge is -2.29. The van der Waals surface area contributed by atoms with E-state index in [1.54, 1.807) is 0 Å². The van der Waals surface area contributed by atoms with Gasteiger partial charge in [-0.25, -0.2) is 0 Å². The number of nitrogens with one attached hydrogen (secondary N) is 1. The van der Waals surface area contributed by atoms with E-state index in [0.717, 1.165) is 37.6 Å². The number of aryl methyl sites for hydroxylation is 2. The second-order valence-corrected chi connectivity index (χ2v) is 3.85. The standard InChI is InChI=1S/C11H17N3.2ClH/c1-9-7-11(8-10(2)13-9)14-5-3-12-4-6-14;;/h7-8,12H,3-6H2,1-2H3;2*1H. The fourth-order valence-electron chi connectivity index (χ4n) is 1.92. The van der Waals surface area contributed by atoms with Crippen LogP contribution in [0.2, 0.25) is 0 Å². The average Bonchev–Trinajstić information content (AvgIpc) is 2.18. The molecule has 92 valence electrons. The van der Waals surface area contributed by atoms with Gasteiger partial charge < -0.3 is 10.2 Å². The Kier molecular flexibility index (Phi) is 6.72. The quantitative estimate of drug-likeness (QED) is 0.840. The van der Waals surface area contributed by atoms with Gasteiger partial charge in [-0.3, -0.25) is 4.98 Å². The number of hydrogen-bond acceptors (Lipinski definition) is 3. The Balaban J connectivity index is 0.00000112. The third kappa shape index (κ3) is 3.81. The topological polar surface area (TPSA) is 28.2 Å². The Hall–Kier alpha value is -0.510. The van der Waals surface area contributed by atoms with E-state index in [4.69, 9.17) is 0 Å². The first-order valence-electron chi connectivity index (χ1n) is 5.17. The van der Waals surface area contributed by atoms with E-state index in [1.807, 2.05) is 0 Å². The summed E-state index contributed by atoms with van der Waals surface area (Å²) < 4.78 is 0. The highest BCUT2D eigenvalue weighted by molar-refractivity contribution is 5.85. The van der Waals surface area contributed by atoms with Crippen molar-refractivity contribution in [2.75, 3.05) is 31.1 Å². The summed E-state index contributed by atoms with van der Waals surface area (Å²) in [5, 5.41) is 3.36. The van der Waals surface area contributed by atoms with Gasteiger partial charge in [-0.05, 0) is 26.0 Å². The van der Waals surface area contributed by atoms with Gasteiger partial charge in [0.05, 0.1) is 0 Å². The molecule has 5 heteroatoms. The number of pyridine rings is 1. The molecule has 2 heterocycles. The maximum atomic E-state index is 4.39. The zero-order chi connectivity index (χ0) is 9.97. The average molecular weight is 264 g/mol. The monoisotopic (exact) mass is 263 g/mol. The Morgan fingerprint density at radius 2 is 1.56 bits per heavy atom. The third-order valence-corrected chi connectivity index (χ3v) is 2.55. The number of halogens is 2. The molecule has 2 rings (SSSR count). The molecule has 1 saturated heterocycles. The van der Waals surface area contributed by atoms with Crippen LogP contribution in [-0.4, -0.2) is 31.2 Å². The summed E-state index contributed by atoms with van der Waals surface area (Å²) in [4.78, 5) is 6.80. The maximum Gasteiger partial charge on any atom is 0.0403 e. The number of rotatable bonds is 1. The highest BCUT2D eigenvalue weighted by Gasteiger charge is 2.10. The zero-order valence-electron chi connectivity index (χ0n) is 9.69. The molecule has 0 aliphatic carbocycles. The summed E-state index contributed by atoms with van der Waals surface area (Å²) in [7, 11) is 0. The van der Waals surface area contributed by atoms with Gasteiger partial charge in [-0.15, -0.1) is 24.8 Å². The molecule has 0 amide bonds. The first-order chi connectivity index (χ1) is 6.75. The molecule has 16 heavy (non-hydrogen) atoms. The largest absolute Gasteiger partial charge is 0.369 e. The van der Waals surface area contributed by atoms with E-state index in [9.17, 15) is 0 Å². The molecule has 0 spiro atoms. The molecule has 1 N–H and O–H groups in total. The van der Waals surface area contributed by atoms with Gasteiger partial charge in [-0.2, -0.15) is 0 Å². The number of hydrogen-bond donors (Lipinski definition) is 1. The normalized spacial score (nSPS) is 15.0. The molecule has 0 saturated carbocycles. The highest BCUT2D eigenvalue weighted by Crippen LogP contribution is 2.16. The van der Waals surface area contributed by atoms with Crippen LogP contribution in [0.1, 0.15) is 11.4 Å². The van der Waals surface area contributed by atoms with Crippen LogP contribution in [0.15, 0.2) is 12.1 Å².